The van der Waals surface area contributed by atoms with Crippen LogP contribution < -0.4 is 0 Å². The van der Waals surface area contributed by atoms with Crippen LogP contribution in [0.5, 0.6) is 0 Å². The lowest BCUT2D eigenvalue weighted by Gasteiger charge is -2.22. The Labute approximate surface area is 147 Å². The van der Waals surface area contributed by atoms with Gasteiger partial charge >= 0.3 is 0 Å². The van der Waals surface area contributed by atoms with Gasteiger partial charge in [-0.1, -0.05) is 67.5 Å². The van der Waals surface area contributed by atoms with Crippen LogP contribution in [0.3, 0.4) is 0 Å². The molecule has 124 valence electrons. The highest BCUT2D eigenvalue weighted by Crippen LogP contribution is 2.30. The molecule has 0 bridgehead atoms. The van der Waals surface area contributed by atoms with Crippen molar-refractivity contribution in [2.75, 3.05) is 0 Å². The van der Waals surface area contributed by atoms with Crippen LogP contribution >= 0.6 is 11.6 Å². The summed E-state index contributed by atoms with van der Waals surface area (Å²) in [5, 5.41) is 0.794. The molecule has 1 aromatic rings. The van der Waals surface area contributed by atoms with E-state index >= 15 is 0 Å². The van der Waals surface area contributed by atoms with Gasteiger partial charge in [-0.3, -0.25) is 0 Å². The van der Waals surface area contributed by atoms with Gasteiger partial charge in [0.15, 0.2) is 0 Å². The molecule has 0 amide bonds. The quantitative estimate of drug-likeness (QED) is 0.496. The minimum Gasteiger partial charge on any atom is -0.0961 e. The van der Waals surface area contributed by atoms with Gasteiger partial charge in [0, 0.05) is 10.4 Å². The summed E-state index contributed by atoms with van der Waals surface area (Å²) < 4.78 is 0. The third-order valence-electron chi connectivity index (χ3n) is 3.88. The van der Waals surface area contributed by atoms with Crippen molar-refractivity contribution in [3.8, 4) is 0 Å². The number of allylic oxidation sites excluding steroid dienone is 7. The maximum atomic E-state index is 6.22. The molecule has 1 rings (SSSR count). The van der Waals surface area contributed by atoms with Crippen molar-refractivity contribution in [2.24, 2.45) is 0 Å². The highest BCUT2D eigenvalue weighted by molar-refractivity contribution is 6.30. The summed E-state index contributed by atoms with van der Waals surface area (Å²) in [5.74, 6) is 0. The molecule has 0 saturated heterocycles. The van der Waals surface area contributed by atoms with Gasteiger partial charge in [-0.2, -0.15) is 0 Å². The minimum absolute atomic E-state index is 0.0835. The molecule has 23 heavy (non-hydrogen) atoms. The zero-order valence-electron chi connectivity index (χ0n) is 15.5. The first-order valence-electron chi connectivity index (χ1n) is 8.01. The van der Waals surface area contributed by atoms with Gasteiger partial charge in [-0.05, 0) is 69.0 Å². The lowest BCUT2D eigenvalue weighted by Crippen LogP contribution is -2.14. The molecule has 0 nitrogen and oxygen atoms in total. The molecule has 0 unspecified atom stereocenters. The predicted octanol–water partition coefficient (Wildman–Crippen LogP) is 7.34. The summed E-state index contributed by atoms with van der Waals surface area (Å²) in [6, 6.07) is 6.25. The Morgan fingerprint density at radius 3 is 2.17 bits per heavy atom. The molecule has 0 fully saturated rings. The van der Waals surface area contributed by atoms with E-state index in [2.05, 4.69) is 78.5 Å². The SMILES string of the molecule is C=C(C)/C=C(/C)C(/C=C/C(C)(C)c1cc(C)cc(Cl)c1)=C(C)C. The Morgan fingerprint density at radius 1 is 1.09 bits per heavy atom. The lowest BCUT2D eigenvalue weighted by molar-refractivity contribution is 0.668. The van der Waals surface area contributed by atoms with E-state index in [-0.39, 0.29) is 5.41 Å². The molecular formula is C22H29Cl. The van der Waals surface area contributed by atoms with Gasteiger partial charge in [-0.15, -0.1) is 0 Å². The fourth-order valence-corrected chi connectivity index (χ4v) is 2.93. The van der Waals surface area contributed by atoms with E-state index in [4.69, 9.17) is 11.6 Å². The fraction of sp³-hybridized carbons (Fsp3) is 0.364. The van der Waals surface area contributed by atoms with Crippen LogP contribution in [0.15, 0.2) is 65.3 Å². The second-order valence-corrected chi connectivity index (χ2v) is 7.60. The van der Waals surface area contributed by atoms with Gasteiger partial charge < -0.3 is 0 Å². The van der Waals surface area contributed by atoms with Crippen molar-refractivity contribution in [3.63, 3.8) is 0 Å². The second kappa shape index (κ2) is 7.84. The van der Waals surface area contributed by atoms with Crippen molar-refractivity contribution < 1.29 is 0 Å². The van der Waals surface area contributed by atoms with Crippen LogP contribution in [-0.4, -0.2) is 0 Å². The normalized spacial score (nSPS) is 12.6. The number of rotatable bonds is 5. The van der Waals surface area contributed by atoms with E-state index < -0.39 is 0 Å². The van der Waals surface area contributed by atoms with E-state index in [0.29, 0.717) is 0 Å². The Morgan fingerprint density at radius 2 is 1.70 bits per heavy atom. The average molecular weight is 329 g/mol. The van der Waals surface area contributed by atoms with Crippen molar-refractivity contribution >= 4 is 11.6 Å². The van der Waals surface area contributed by atoms with E-state index in [9.17, 15) is 0 Å². The standard InChI is InChI=1S/C22H29Cl/c1-15(2)11-18(6)21(16(3)4)9-10-22(7,8)19-12-17(5)13-20(23)14-19/h9-14H,1H2,2-8H3/b10-9+,18-11-. The Balaban J connectivity index is 3.22. The first kappa shape index (κ1) is 19.5. The molecule has 0 radical (unpaired) electrons. The minimum atomic E-state index is -0.0835. The summed E-state index contributed by atoms with van der Waals surface area (Å²) >= 11 is 6.22. The van der Waals surface area contributed by atoms with Crippen molar-refractivity contribution in [2.45, 2.75) is 53.9 Å². The summed E-state index contributed by atoms with van der Waals surface area (Å²) in [4.78, 5) is 0. The molecule has 0 aliphatic carbocycles. The van der Waals surface area contributed by atoms with Crippen molar-refractivity contribution in [3.05, 3.63) is 81.4 Å². The topological polar surface area (TPSA) is 0 Å². The molecule has 0 saturated carbocycles. The Hall–Kier alpha value is -1.53. The summed E-state index contributed by atoms with van der Waals surface area (Å²) in [7, 11) is 0. The van der Waals surface area contributed by atoms with Crippen LogP contribution in [0.25, 0.3) is 0 Å². The number of hydrogen-bond donors (Lipinski definition) is 0. The molecule has 0 aromatic heterocycles. The van der Waals surface area contributed by atoms with Crippen molar-refractivity contribution in [1.82, 2.24) is 0 Å². The molecule has 0 aliphatic heterocycles. The Kier molecular flexibility index (Phi) is 6.65. The highest BCUT2D eigenvalue weighted by atomic mass is 35.5. The smallest absolute Gasteiger partial charge is 0.0411 e. The number of aryl methyl sites for hydroxylation is 1. The van der Waals surface area contributed by atoms with Crippen molar-refractivity contribution in [1.29, 1.82) is 0 Å². The molecule has 0 atom stereocenters. The second-order valence-electron chi connectivity index (χ2n) is 7.16. The van der Waals surface area contributed by atoms with Gasteiger partial charge in [0.05, 0.1) is 0 Å². The van der Waals surface area contributed by atoms with Gasteiger partial charge in [-0.25, -0.2) is 0 Å². The summed E-state index contributed by atoms with van der Waals surface area (Å²) in [6.45, 7) is 18.9. The molecule has 0 N–H and O–H groups in total. The maximum Gasteiger partial charge on any atom is 0.0411 e. The average Bonchev–Trinajstić information content (AvgIpc) is 2.36. The molecule has 0 heterocycles. The summed E-state index contributed by atoms with van der Waals surface area (Å²) in [5.41, 5.74) is 7.21. The van der Waals surface area contributed by atoms with Crippen LogP contribution in [-0.2, 0) is 5.41 Å². The number of benzene rings is 1. The van der Waals surface area contributed by atoms with Crippen LogP contribution in [0.1, 0.15) is 52.7 Å². The third-order valence-corrected chi connectivity index (χ3v) is 4.10. The molecular weight excluding hydrogens is 300 g/mol. The van der Waals surface area contributed by atoms with E-state index in [1.807, 2.05) is 13.0 Å². The van der Waals surface area contributed by atoms with Gasteiger partial charge in [0.1, 0.15) is 0 Å². The number of hydrogen-bond acceptors (Lipinski definition) is 0. The largest absolute Gasteiger partial charge is 0.0961 e. The zero-order chi connectivity index (χ0) is 17.8. The van der Waals surface area contributed by atoms with E-state index in [1.165, 1.54) is 27.8 Å². The first-order chi connectivity index (χ1) is 10.5. The van der Waals surface area contributed by atoms with Gasteiger partial charge in [0.2, 0.25) is 0 Å². The van der Waals surface area contributed by atoms with Crippen LogP contribution in [0.2, 0.25) is 5.02 Å². The monoisotopic (exact) mass is 328 g/mol. The predicted molar refractivity (Wildman–Crippen MR) is 105 cm³/mol. The van der Waals surface area contributed by atoms with E-state index in [0.717, 1.165) is 10.6 Å². The first-order valence-corrected chi connectivity index (χ1v) is 8.39. The molecule has 0 aliphatic rings. The molecule has 0 spiro atoms. The van der Waals surface area contributed by atoms with Crippen LogP contribution in [0, 0.1) is 6.92 Å². The zero-order valence-corrected chi connectivity index (χ0v) is 16.3. The molecule has 1 heteroatoms. The van der Waals surface area contributed by atoms with Gasteiger partial charge in [0.25, 0.3) is 0 Å². The number of halogens is 1. The third kappa shape index (κ3) is 5.88. The van der Waals surface area contributed by atoms with E-state index in [1.54, 1.807) is 0 Å². The fourth-order valence-electron chi connectivity index (χ4n) is 2.64. The lowest BCUT2D eigenvalue weighted by atomic mass is 9.82. The molecule has 1 aromatic carbocycles. The van der Waals surface area contributed by atoms with Crippen LogP contribution in [0.4, 0.5) is 0 Å². The maximum absolute atomic E-state index is 6.22. The Bertz CT molecular complexity index is 658. The summed E-state index contributed by atoms with van der Waals surface area (Å²) in [6.07, 6.45) is 6.61. The highest BCUT2D eigenvalue weighted by Gasteiger charge is 2.18.